The third kappa shape index (κ3) is 4.01. The molecule has 30 heavy (non-hydrogen) atoms. The summed E-state index contributed by atoms with van der Waals surface area (Å²) in [7, 11) is 0. The van der Waals surface area contributed by atoms with E-state index in [1.807, 2.05) is 54.6 Å². The fraction of sp³-hybridized carbons (Fsp3) is 0.333. The van der Waals surface area contributed by atoms with E-state index in [1.54, 1.807) is 4.90 Å². The van der Waals surface area contributed by atoms with Crippen LogP contribution in [0.3, 0.4) is 0 Å². The highest BCUT2D eigenvalue weighted by atomic mass is 16.5. The van der Waals surface area contributed by atoms with Gasteiger partial charge in [0.15, 0.2) is 11.5 Å². The van der Waals surface area contributed by atoms with Crippen LogP contribution in [0.1, 0.15) is 35.8 Å². The number of nitrogens with one attached hydrogen (secondary N) is 1. The first-order chi connectivity index (χ1) is 14.6. The van der Waals surface area contributed by atoms with Crippen LogP contribution in [0.5, 0.6) is 0 Å². The molecule has 2 aliphatic heterocycles. The Balaban J connectivity index is 1.60. The summed E-state index contributed by atoms with van der Waals surface area (Å²) in [5.41, 5.74) is 3.11. The Bertz CT molecular complexity index is 947. The van der Waals surface area contributed by atoms with Crippen LogP contribution >= 0.6 is 0 Å². The van der Waals surface area contributed by atoms with Gasteiger partial charge in [0.2, 0.25) is 0 Å². The molecule has 6 heteroatoms. The number of Topliss-reactive ketones (excluding diaryl/α,β-unsaturated/α-hetero) is 1. The minimum atomic E-state index is -0.585. The summed E-state index contributed by atoms with van der Waals surface area (Å²) in [5, 5.41) is 13.7. The Hall–Kier alpha value is -2.96. The van der Waals surface area contributed by atoms with E-state index >= 15 is 0 Å². The standard InChI is InChI=1S/C24H26N2O4/c1-16(27)21-22(19-9-7-18(8-10-19)20-15-25-12-14-30-20)26(24(29)23(21)28)13-11-17-5-3-2-4-6-17/h2-10,20,22,25,28H,11-15H2,1H3. The molecule has 4 rings (SSSR count). The zero-order chi connectivity index (χ0) is 21.1. The number of carbonyl (C=O) groups is 2. The van der Waals surface area contributed by atoms with Gasteiger partial charge in [0.05, 0.1) is 24.3 Å². The van der Waals surface area contributed by atoms with Gasteiger partial charge in [-0.1, -0.05) is 54.6 Å². The van der Waals surface area contributed by atoms with Crippen LogP contribution in [0.15, 0.2) is 65.9 Å². The maximum absolute atomic E-state index is 12.8. The van der Waals surface area contributed by atoms with Gasteiger partial charge in [0.25, 0.3) is 5.91 Å². The smallest absolute Gasteiger partial charge is 0.290 e. The predicted molar refractivity (Wildman–Crippen MR) is 113 cm³/mol. The predicted octanol–water partition coefficient (Wildman–Crippen LogP) is 2.87. The van der Waals surface area contributed by atoms with E-state index in [1.165, 1.54) is 6.92 Å². The fourth-order valence-electron chi connectivity index (χ4n) is 4.16. The highest BCUT2D eigenvalue weighted by molar-refractivity contribution is 6.08. The van der Waals surface area contributed by atoms with Gasteiger partial charge in [-0.3, -0.25) is 9.59 Å². The molecule has 0 aromatic heterocycles. The maximum atomic E-state index is 12.8. The molecule has 2 aliphatic rings. The molecule has 1 fully saturated rings. The van der Waals surface area contributed by atoms with Gasteiger partial charge >= 0.3 is 0 Å². The van der Waals surface area contributed by atoms with Crippen LogP contribution in [-0.4, -0.2) is 47.9 Å². The molecule has 2 unspecified atom stereocenters. The van der Waals surface area contributed by atoms with Gasteiger partial charge in [0.1, 0.15) is 0 Å². The first-order valence-electron chi connectivity index (χ1n) is 10.3. The van der Waals surface area contributed by atoms with Crippen molar-refractivity contribution in [1.82, 2.24) is 10.2 Å². The average molecular weight is 406 g/mol. The molecule has 0 spiro atoms. The molecule has 156 valence electrons. The Kier molecular flexibility index (Phi) is 5.97. The number of ether oxygens (including phenoxy) is 1. The molecule has 2 heterocycles. The summed E-state index contributed by atoms with van der Waals surface area (Å²) in [6, 6.07) is 17.1. The molecule has 0 aliphatic carbocycles. The minimum absolute atomic E-state index is 0.0107. The number of rotatable bonds is 6. The average Bonchev–Trinajstić information content (AvgIpc) is 3.04. The van der Waals surface area contributed by atoms with Gasteiger partial charge in [-0.05, 0) is 30.0 Å². The van der Waals surface area contributed by atoms with Gasteiger partial charge in [0, 0.05) is 19.6 Å². The van der Waals surface area contributed by atoms with Crippen LogP contribution in [0.2, 0.25) is 0 Å². The van der Waals surface area contributed by atoms with Gasteiger partial charge in [-0.25, -0.2) is 0 Å². The molecule has 1 saturated heterocycles. The van der Waals surface area contributed by atoms with Gasteiger partial charge in [-0.2, -0.15) is 0 Å². The number of amides is 1. The second-order valence-electron chi connectivity index (χ2n) is 7.69. The third-order valence-corrected chi connectivity index (χ3v) is 5.72. The molecule has 0 saturated carbocycles. The summed E-state index contributed by atoms with van der Waals surface area (Å²) >= 11 is 0. The van der Waals surface area contributed by atoms with Crippen molar-refractivity contribution in [1.29, 1.82) is 0 Å². The Morgan fingerprint density at radius 2 is 1.83 bits per heavy atom. The molecule has 0 radical (unpaired) electrons. The molecule has 2 N–H and O–H groups in total. The lowest BCUT2D eigenvalue weighted by atomic mass is 9.95. The number of hydrogen-bond donors (Lipinski definition) is 2. The van der Waals surface area contributed by atoms with Crippen molar-refractivity contribution in [3.05, 3.63) is 82.6 Å². The van der Waals surface area contributed by atoms with Crippen LogP contribution in [0.4, 0.5) is 0 Å². The Labute approximate surface area is 176 Å². The van der Waals surface area contributed by atoms with Crippen LogP contribution in [-0.2, 0) is 20.7 Å². The van der Waals surface area contributed by atoms with Crippen molar-refractivity contribution in [2.45, 2.75) is 25.5 Å². The second-order valence-corrected chi connectivity index (χ2v) is 7.69. The number of aliphatic hydroxyl groups excluding tert-OH is 1. The van der Waals surface area contributed by atoms with Gasteiger partial charge in [-0.15, -0.1) is 0 Å². The summed E-state index contributed by atoms with van der Waals surface area (Å²) in [4.78, 5) is 26.7. The molecule has 6 nitrogen and oxygen atoms in total. The molecule has 2 aromatic rings. The second kappa shape index (κ2) is 8.81. The van der Waals surface area contributed by atoms with Crippen LogP contribution in [0, 0.1) is 0 Å². The zero-order valence-corrected chi connectivity index (χ0v) is 17.0. The Morgan fingerprint density at radius 3 is 2.47 bits per heavy atom. The minimum Gasteiger partial charge on any atom is -0.503 e. The summed E-state index contributed by atoms with van der Waals surface area (Å²) in [5.74, 6) is -1.23. The lowest BCUT2D eigenvalue weighted by molar-refractivity contribution is -0.129. The van der Waals surface area contributed by atoms with Crippen molar-refractivity contribution in [3.8, 4) is 0 Å². The number of morpholine rings is 1. The number of nitrogens with zero attached hydrogens (tertiary/aromatic N) is 1. The van der Waals surface area contributed by atoms with Crippen molar-refractivity contribution in [3.63, 3.8) is 0 Å². The van der Waals surface area contributed by atoms with Crippen molar-refractivity contribution >= 4 is 11.7 Å². The molecule has 1 amide bonds. The quantitative estimate of drug-likeness (QED) is 0.771. The first-order valence-corrected chi connectivity index (χ1v) is 10.3. The molecular weight excluding hydrogens is 380 g/mol. The summed E-state index contributed by atoms with van der Waals surface area (Å²) in [6.45, 7) is 4.07. The molecule has 2 atom stereocenters. The lowest BCUT2D eigenvalue weighted by Crippen LogP contribution is -2.34. The summed E-state index contributed by atoms with van der Waals surface area (Å²) in [6.07, 6.45) is 0.629. The largest absolute Gasteiger partial charge is 0.503 e. The van der Waals surface area contributed by atoms with Crippen molar-refractivity contribution in [2.75, 3.05) is 26.2 Å². The maximum Gasteiger partial charge on any atom is 0.290 e. The van der Waals surface area contributed by atoms with E-state index < -0.39 is 17.7 Å². The van der Waals surface area contributed by atoms with E-state index in [2.05, 4.69) is 5.32 Å². The fourth-order valence-corrected chi connectivity index (χ4v) is 4.16. The highest BCUT2D eigenvalue weighted by Gasteiger charge is 2.42. The first kappa shape index (κ1) is 20.3. The molecule has 0 bridgehead atoms. The molecule has 2 aromatic carbocycles. The summed E-state index contributed by atoms with van der Waals surface area (Å²) < 4.78 is 5.80. The van der Waals surface area contributed by atoms with Crippen molar-refractivity contribution < 1.29 is 19.4 Å². The number of aliphatic hydroxyl groups is 1. The van der Waals surface area contributed by atoms with Crippen LogP contribution in [0.25, 0.3) is 0 Å². The number of carbonyl (C=O) groups excluding carboxylic acids is 2. The topological polar surface area (TPSA) is 78.9 Å². The van der Waals surface area contributed by atoms with Crippen molar-refractivity contribution in [2.24, 2.45) is 0 Å². The molecular formula is C24H26N2O4. The van der Waals surface area contributed by atoms with E-state index in [9.17, 15) is 14.7 Å². The van der Waals surface area contributed by atoms with E-state index in [0.29, 0.717) is 19.6 Å². The highest BCUT2D eigenvalue weighted by Crippen LogP contribution is 2.38. The lowest BCUT2D eigenvalue weighted by Gasteiger charge is -2.28. The normalized spacial score (nSPS) is 21.9. The van der Waals surface area contributed by atoms with E-state index in [-0.39, 0.29) is 17.5 Å². The number of benzene rings is 2. The SMILES string of the molecule is CC(=O)C1=C(O)C(=O)N(CCc2ccccc2)C1c1ccc(C2CNCCO2)cc1. The monoisotopic (exact) mass is 406 g/mol. The van der Waals surface area contributed by atoms with Gasteiger partial charge < -0.3 is 20.1 Å². The van der Waals surface area contributed by atoms with E-state index in [4.69, 9.17) is 4.74 Å². The number of ketones is 1. The van der Waals surface area contributed by atoms with E-state index in [0.717, 1.165) is 29.8 Å². The zero-order valence-electron chi connectivity index (χ0n) is 17.0. The Morgan fingerprint density at radius 1 is 1.13 bits per heavy atom. The van der Waals surface area contributed by atoms with Crippen LogP contribution < -0.4 is 5.32 Å². The third-order valence-electron chi connectivity index (χ3n) is 5.72. The number of hydrogen-bond acceptors (Lipinski definition) is 5.